The van der Waals surface area contributed by atoms with Crippen LogP contribution in [-0.2, 0) is 11.3 Å². The van der Waals surface area contributed by atoms with E-state index in [1.54, 1.807) is 0 Å². The molecule has 1 aliphatic rings. The molecule has 0 bridgehead atoms. The smallest absolute Gasteiger partial charge is 0.224 e. The number of nitrogens with zero attached hydrogens (tertiary/aromatic N) is 4. The molecule has 118 valence electrons. The first-order valence-electron chi connectivity index (χ1n) is 7.90. The molecule has 2 heterocycles. The Balaban J connectivity index is 1.75. The molecule has 1 aromatic heterocycles. The van der Waals surface area contributed by atoms with Gasteiger partial charge in [0.1, 0.15) is 0 Å². The number of rotatable bonds is 5. The maximum Gasteiger partial charge on any atom is 0.224 e. The lowest BCUT2D eigenvalue weighted by atomic mass is 9.89. The average Bonchev–Trinajstić information content (AvgIpc) is 2.89. The Bertz CT molecular complexity index is 461. The fourth-order valence-corrected chi connectivity index (χ4v) is 3.01. The Morgan fingerprint density at radius 3 is 2.62 bits per heavy atom. The second-order valence-electron chi connectivity index (χ2n) is 6.45. The van der Waals surface area contributed by atoms with E-state index >= 15 is 0 Å². The number of aromatic nitrogens is 2. The van der Waals surface area contributed by atoms with Gasteiger partial charge in [0.05, 0.1) is 6.20 Å². The Labute approximate surface area is 127 Å². The number of carbonyl (C=O) groups excluding carboxylic acids is 1. The fraction of sp³-hybridized carbons (Fsp3) is 0.750. The van der Waals surface area contributed by atoms with Gasteiger partial charge in [-0.1, -0.05) is 0 Å². The number of amides is 1. The molecule has 21 heavy (non-hydrogen) atoms. The molecular weight excluding hydrogens is 264 g/mol. The standard InChI is InChI=1S/C16H28N4O/c1-13-11-17-20(12-13)10-7-16(21)19-8-5-15(6-9-19)14(2)18(3)4/h11-12,14-15H,5-10H2,1-4H3. The molecule has 0 saturated carbocycles. The van der Waals surface area contributed by atoms with Crippen LogP contribution in [0.1, 0.15) is 31.7 Å². The third kappa shape index (κ3) is 4.30. The minimum Gasteiger partial charge on any atom is -0.343 e. The van der Waals surface area contributed by atoms with Crippen LogP contribution in [0.5, 0.6) is 0 Å². The summed E-state index contributed by atoms with van der Waals surface area (Å²) in [7, 11) is 4.27. The predicted molar refractivity (Wildman–Crippen MR) is 84.0 cm³/mol. The first kappa shape index (κ1) is 16.0. The second-order valence-corrected chi connectivity index (χ2v) is 6.45. The Kier molecular flexibility index (Phi) is 5.39. The molecular formula is C16H28N4O. The molecule has 1 aromatic rings. The van der Waals surface area contributed by atoms with Gasteiger partial charge in [0.25, 0.3) is 0 Å². The summed E-state index contributed by atoms with van der Waals surface area (Å²) in [6.07, 6.45) is 6.60. The molecule has 1 fully saturated rings. The van der Waals surface area contributed by atoms with Gasteiger partial charge in [-0.15, -0.1) is 0 Å². The first-order chi connectivity index (χ1) is 9.97. The zero-order chi connectivity index (χ0) is 15.4. The molecule has 1 amide bonds. The van der Waals surface area contributed by atoms with Crippen molar-refractivity contribution in [1.82, 2.24) is 19.6 Å². The molecule has 5 heteroatoms. The van der Waals surface area contributed by atoms with E-state index in [4.69, 9.17) is 0 Å². The zero-order valence-corrected chi connectivity index (χ0v) is 13.7. The molecule has 1 unspecified atom stereocenters. The van der Waals surface area contributed by atoms with E-state index in [9.17, 15) is 4.79 Å². The number of carbonyl (C=O) groups is 1. The van der Waals surface area contributed by atoms with Gasteiger partial charge in [-0.3, -0.25) is 9.48 Å². The van der Waals surface area contributed by atoms with Crippen LogP contribution in [-0.4, -0.2) is 58.7 Å². The maximum absolute atomic E-state index is 12.3. The van der Waals surface area contributed by atoms with Crippen molar-refractivity contribution in [3.05, 3.63) is 18.0 Å². The van der Waals surface area contributed by atoms with Crippen LogP contribution in [0.3, 0.4) is 0 Å². The number of aryl methyl sites for hydroxylation is 2. The maximum atomic E-state index is 12.3. The highest BCUT2D eigenvalue weighted by Gasteiger charge is 2.26. The molecule has 0 aromatic carbocycles. The average molecular weight is 292 g/mol. The quantitative estimate of drug-likeness (QED) is 0.830. The normalized spacial score (nSPS) is 18.2. The fourth-order valence-electron chi connectivity index (χ4n) is 3.01. The van der Waals surface area contributed by atoms with Gasteiger partial charge in [0.15, 0.2) is 0 Å². The highest BCUT2D eigenvalue weighted by molar-refractivity contribution is 5.76. The molecule has 2 rings (SSSR count). The summed E-state index contributed by atoms with van der Waals surface area (Å²) in [4.78, 5) is 16.6. The number of piperidine rings is 1. The third-order valence-electron chi connectivity index (χ3n) is 4.71. The highest BCUT2D eigenvalue weighted by Crippen LogP contribution is 2.23. The van der Waals surface area contributed by atoms with Crippen LogP contribution >= 0.6 is 0 Å². The van der Waals surface area contributed by atoms with Crippen LogP contribution in [0.2, 0.25) is 0 Å². The molecule has 1 atom stereocenters. The Hall–Kier alpha value is -1.36. The number of likely N-dealkylation sites (tertiary alicyclic amines) is 1. The molecule has 1 aliphatic heterocycles. The van der Waals surface area contributed by atoms with E-state index in [1.807, 2.05) is 28.9 Å². The highest BCUT2D eigenvalue weighted by atomic mass is 16.2. The van der Waals surface area contributed by atoms with E-state index < -0.39 is 0 Å². The van der Waals surface area contributed by atoms with Gasteiger partial charge >= 0.3 is 0 Å². The van der Waals surface area contributed by atoms with Crippen LogP contribution in [0.25, 0.3) is 0 Å². The van der Waals surface area contributed by atoms with Crippen molar-refractivity contribution in [1.29, 1.82) is 0 Å². The van der Waals surface area contributed by atoms with E-state index in [0.29, 0.717) is 24.9 Å². The van der Waals surface area contributed by atoms with Crippen molar-refractivity contribution in [3.63, 3.8) is 0 Å². The minimum atomic E-state index is 0.263. The zero-order valence-electron chi connectivity index (χ0n) is 13.7. The topological polar surface area (TPSA) is 41.4 Å². The summed E-state index contributed by atoms with van der Waals surface area (Å²) >= 11 is 0. The summed E-state index contributed by atoms with van der Waals surface area (Å²) in [6.45, 7) is 6.78. The van der Waals surface area contributed by atoms with Crippen LogP contribution in [0.15, 0.2) is 12.4 Å². The van der Waals surface area contributed by atoms with Crippen molar-refractivity contribution in [2.24, 2.45) is 5.92 Å². The van der Waals surface area contributed by atoms with E-state index in [1.165, 1.54) is 0 Å². The monoisotopic (exact) mass is 292 g/mol. The van der Waals surface area contributed by atoms with Crippen molar-refractivity contribution in [2.75, 3.05) is 27.2 Å². The molecule has 0 radical (unpaired) electrons. The number of hydrogen-bond acceptors (Lipinski definition) is 3. The summed E-state index contributed by atoms with van der Waals surface area (Å²) in [5, 5.41) is 4.23. The van der Waals surface area contributed by atoms with Gasteiger partial charge in [-0.05, 0) is 52.3 Å². The van der Waals surface area contributed by atoms with Gasteiger partial charge in [0, 0.05) is 38.3 Å². The molecule has 0 N–H and O–H groups in total. The predicted octanol–water partition coefficient (Wildman–Crippen LogP) is 1.77. The van der Waals surface area contributed by atoms with Crippen molar-refractivity contribution < 1.29 is 4.79 Å². The molecule has 0 spiro atoms. The van der Waals surface area contributed by atoms with Crippen molar-refractivity contribution >= 4 is 5.91 Å². The molecule has 1 saturated heterocycles. The van der Waals surface area contributed by atoms with Gasteiger partial charge < -0.3 is 9.80 Å². The minimum absolute atomic E-state index is 0.263. The lowest BCUT2D eigenvalue weighted by molar-refractivity contribution is -0.133. The van der Waals surface area contributed by atoms with Crippen molar-refractivity contribution in [2.45, 2.75) is 45.7 Å². The van der Waals surface area contributed by atoms with E-state index in [0.717, 1.165) is 31.5 Å². The summed E-state index contributed by atoms with van der Waals surface area (Å²) in [6, 6.07) is 0.592. The Morgan fingerprint density at radius 1 is 1.43 bits per heavy atom. The van der Waals surface area contributed by atoms with Gasteiger partial charge in [-0.2, -0.15) is 5.10 Å². The van der Waals surface area contributed by atoms with E-state index in [-0.39, 0.29) is 5.91 Å². The lowest BCUT2D eigenvalue weighted by Crippen LogP contribution is -2.43. The van der Waals surface area contributed by atoms with Gasteiger partial charge in [0.2, 0.25) is 5.91 Å². The van der Waals surface area contributed by atoms with Gasteiger partial charge in [-0.25, -0.2) is 0 Å². The summed E-state index contributed by atoms with van der Waals surface area (Å²) in [5.74, 6) is 0.969. The van der Waals surface area contributed by atoms with Crippen LogP contribution in [0, 0.1) is 12.8 Å². The first-order valence-corrected chi connectivity index (χ1v) is 7.90. The second kappa shape index (κ2) is 7.07. The largest absolute Gasteiger partial charge is 0.343 e. The molecule has 5 nitrogen and oxygen atoms in total. The third-order valence-corrected chi connectivity index (χ3v) is 4.71. The molecule has 0 aliphatic carbocycles. The lowest BCUT2D eigenvalue weighted by Gasteiger charge is -2.37. The Morgan fingerprint density at radius 2 is 2.10 bits per heavy atom. The summed E-state index contributed by atoms with van der Waals surface area (Å²) in [5.41, 5.74) is 1.14. The SMILES string of the molecule is Cc1cnn(CCC(=O)N2CCC(C(C)N(C)C)CC2)c1. The summed E-state index contributed by atoms with van der Waals surface area (Å²) < 4.78 is 1.86. The van der Waals surface area contributed by atoms with Crippen LogP contribution < -0.4 is 0 Å². The van der Waals surface area contributed by atoms with E-state index in [2.05, 4.69) is 31.0 Å². The van der Waals surface area contributed by atoms with Crippen molar-refractivity contribution in [3.8, 4) is 0 Å². The van der Waals surface area contributed by atoms with Crippen LogP contribution in [0.4, 0.5) is 0 Å². The number of hydrogen-bond donors (Lipinski definition) is 0.